The zero-order valence-corrected chi connectivity index (χ0v) is 13.9. The van der Waals surface area contributed by atoms with Crippen molar-refractivity contribution in [2.45, 2.75) is 19.8 Å². The lowest BCUT2D eigenvalue weighted by Crippen LogP contribution is -2.12. The fourth-order valence-electron chi connectivity index (χ4n) is 2.33. The molecule has 0 saturated carbocycles. The topological polar surface area (TPSA) is 55.1 Å². The van der Waals surface area contributed by atoms with Crippen LogP contribution in [0.5, 0.6) is 0 Å². The van der Waals surface area contributed by atoms with Gasteiger partial charge in [-0.1, -0.05) is 35.3 Å². The van der Waals surface area contributed by atoms with Crippen molar-refractivity contribution in [2.24, 2.45) is 0 Å². The molecule has 1 heterocycles. The van der Waals surface area contributed by atoms with Gasteiger partial charge in [0.05, 0.1) is 10.0 Å². The highest BCUT2D eigenvalue weighted by Gasteiger charge is 2.09. The van der Waals surface area contributed by atoms with Crippen LogP contribution in [0.15, 0.2) is 40.8 Å². The number of hydrogen-bond donors (Lipinski definition) is 1. The van der Waals surface area contributed by atoms with Crippen molar-refractivity contribution < 1.29 is 9.21 Å². The van der Waals surface area contributed by atoms with E-state index in [1.165, 1.54) is 0 Å². The van der Waals surface area contributed by atoms with Crippen LogP contribution in [0.3, 0.4) is 0 Å². The molecule has 118 valence electrons. The Hall–Kier alpha value is -2.04. The Balaban J connectivity index is 1.65. The molecule has 2 aromatic carbocycles. The quantitative estimate of drug-likeness (QED) is 0.720. The smallest absolute Gasteiger partial charge is 0.224 e. The Kier molecular flexibility index (Phi) is 4.55. The Labute approximate surface area is 143 Å². The third-order valence-corrected chi connectivity index (χ3v) is 4.29. The molecule has 0 aliphatic carbocycles. The number of nitrogens with zero attached hydrogens (tertiary/aromatic N) is 1. The first-order valence-electron chi connectivity index (χ1n) is 7.13. The second-order valence-corrected chi connectivity index (χ2v) is 5.96. The van der Waals surface area contributed by atoms with Crippen LogP contribution in [-0.4, -0.2) is 10.9 Å². The number of carbonyl (C=O) groups is 1. The average molecular weight is 349 g/mol. The monoisotopic (exact) mass is 348 g/mol. The second kappa shape index (κ2) is 6.60. The SMILES string of the molecule is Cc1nc2cc(NC(=O)CCc3cccc(Cl)c3Cl)ccc2o1. The van der Waals surface area contributed by atoms with Crippen LogP contribution in [0.25, 0.3) is 11.1 Å². The molecule has 0 aliphatic rings. The number of nitrogens with one attached hydrogen (secondary N) is 1. The van der Waals surface area contributed by atoms with Crippen molar-refractivity contribution in [3.8, 4) is 0 Å². The molecule has 1 amide bonds. The molecule has 23 heavy (non-hydrogen) atoms. The van der Waals surface area contributed by atoms with Gasteiger partial charge in [-0.05, 0) is 36.2 Å². The van der Waals surface area contributed by atoms with E-state index < -0.39 is 0 Å². The van der Waals surface area contributed by atoms with Crippen molar-refractivity contribution in [3.05, 3.63) is 57.9 Å². The summed E-state index contributed by atoms with van der Waals surface area (Å²) in [4.78, 5) is 16.3. The lowest BCUT2D eigenvalue weighted by atomic mass is 10.1. The summed E-state index contributed by atoms with van der Waals surface area (Å²) in [6.07, 6.45) is 0.840. The molecule has 0 unspecified atom stereocenters. The van der Waals surface area contributed by atoms with Crippen molar-refractivity contribution in [2.75, 3.05) is 5.32 Å². The second-order valence-electron chi connectivity index (χ2n) is 5.18. The minimum Gasteiger partial charge on any atom is -0.441 e. The number of anilines is 1. The fourth-order valence-corrected chi connectivity index (χ4v) is 2.75. The third-order valence-electron chi connectivity index (χ3n) is 3.43. The number of oxazole rings is 1. The normalized spacial score (nSPS) is 10.9. The first-order valence-corrected chi connectivity index (χ1v) is 7.88. The van der Waals surface area contributed by atoms with E-state index in [0.29, 0.717) is 40.0 Å². The largest absolute Gasteiger partial charge is 0.441 e. The Morgan fingerprint density at radius 1 is 1.26 bits per heavy atom. The molecule has 0 fully saturated rings. The van der Waals surface area contributed by atoms with Gasteiger partial charge in [0.2, 0.25) is 5.91 Å². The highest BCUT2D eigenvalue weighted by atomic mass is 35.5. The van der Waals surface area contributed by atoms with Gasteiger partial charge in [0.1, 0.15) is 5.52 Å². The number of carbonyl (C=O) groups excluding carboxylic acids is 1. The molecule has 0 atom stereocenters. The molecular weight excluding hydrogens is 335 g/mol. The van der Waals surface area contributed by atoms with Gasteiger partial charge in [-0.2, -0.15) is 0 Å². The van der Waals surface area contributed by atoms with Gasteiger partial charge < -0.3 is 9.73 Å². The van der Waals surface area contributed by atoms with E-state index in [1.807, 2.05) is 12.1 Å². The highest BCUT2D eigenvalue weighted by Crippen LogP contribution is 2.26. The van der Waals surface area contributed by atoms with Gasteiger partial charge in [-0.15, -0.1) is 0 Å². The maximum absolute atomic E-state index is 12.1. The Bertz CT molecular complexity index is 874. The number of aromatic nitrogens is 1. The van der Waals surface area contributed by atoms with Gasteiger partial charge in [-0.25, -0.2) is 4.98 Å². The van der Waals surface area contributed by atoms with Gasteiger partial charge >= 0.3 is 0 Å². The van der Waals surface area contributed by atoms with E-state index >= 15 is 0 Å². The van der Waals surface area contributed by atoms with E-state index in [9.17, 15) is 4.79 Å². The molecule has 6 heteroatoms. The first kappa shape index (κ1) is 15.8. The van der Waals surface area contributed by atoms with Crippen molar-refractivity contribution in [1.29, 1.82) is 0 Å². The lowest BCUT2D eigenvalue weighted by molar-refractivity contribution is -0.116. The predicted octanol–water partition coefficient (Wildman–Crippen LogP) is 5.01. The van der Waals surface area contributed by atoms with Gasteiger partial charge in [0.15, 0.2) is 11.5 Å². The summed E-state index contributed by atoms with van der Waals surface area (Å²) in [5, 5.41) is 3.85. The van der Waals surface area contributed by atoms with Crippen LogP contribution in [0.2, 0.25) is 10.0 Å². The zero-order chi connectivity index (χ0) is 16.4. The average Bonchev–Trinajstić information content (AvgIpc) is 2.88. The summed E-state index contributed by atoms with van der Waals surface area (Å²) >= 11 is 12.1. The summed E-state index contributed by atoms with van der Waals surface area (Å²) in [6, 6.07) is 10.8. The number of hydrogen-bond acceptors (Lipinski definition) is 3. The highest BCUT2D eigenvalue weighted by molar-refractivity contribution is 6.42. The van der Waals surface area contributed by atoms with E-state index in [4.69, 9.17) is 27.6 Å². The summed E-state index contributed by atoms with van der Waals surface area (Å²) in [5.74, 6) is 0.500. The van der Waals surface area contributed by atoms with Crippen LogP contribution in [0.4, 0.5) is 5.69 Å². The molecule has 4 nitrogen and oxygen atoms in total. The number of rotatable bonds is 4. The molecule has 0 saturated heterocycles. The van der Waals surface area contributed by atoms with Crippen LogP contribution < -0.4 is 5.32 Å². The Morgan fingerprint density at radius 3 is 2.91 bits per heavy atom. The summed E-state index contributed by atoms with van der Waals surface area (Å²) in [6.45, 7) is 1.78. The van der Waals surface area contributed by atoms with Gasteiger partial charge in [0.25, 0.3) is 0 Å². The lowest BCUT2D eigenvalue weighted by Gasteiger charge is -2.07. The van der Waals surface area contributed by atoms with E-state index in [0.717, 1.165) is 11.1 Å². The summed E-state index contributed by atoms with van der Waals surface area (Å²) < 4.78 is 5.41. The predicted molar refractivity (Wildman–Crippen MR) is 92.2 cm³/mol. The molecule has 3 aromatic rings. The number of benzene rings is 2. The summed E-state index contributed by atoms with van der Waals surface area (Å²) in [7, 11) is 0. The fraction of sp³-hybridized carbons (Fsp3) is 0.176. The van der Waals surface area contributed by atoms with E-state index in [2.05, 4.69) is 10.3 Å². The number of amides is 1. The number of halogens is 2. The molecule has 0 spiro atoms. The van der Waals surface area contributed by atoms with Crippen molar-refractivity contribution in [1.82, 2.24) is 4.98 Å². The van der Waals surface area contributed by atoms with Gasteiger partial charge in [-0.3, -0.25) is 4.79 Å². The minimum absolute atomic E-state index is 0.0967. The van der Waals surface area contributed by atoms with Crippen molar-refractivity contribution >= 4 is 45.9 Å². The molecule has 0 aliphatic heterocycles. The summed E-state index contributed by atoms with van der Waals surface area (Å²) in [5.41, 5.74) is 2.97. The van der Waals surface area contributed by atoms with E-state index in [-0.39, 0.29) is 5.91 Å². The van der Waals surface area contributed by atoms with E-state index in [1.54, 1.807) is 31.2 Å². The minimum atomic E-state index is -0.0967. The molecule has 0 radical (unpaired) electrons. The zero-order valence-electron chi connectivity index (χ0n) is 12.4. The van der Waals surface area contributed by atoms with Gasteiger partial charge in [0, 0.05) is 19.0 Å². The first-order chi connectivity index (χ1) is 11.0. The van der Waals surface area contributed by atoms with Crippen LogP contribution >= 0.6 is 23.2 Å². The third kappa shape index (κ3) is 3.66. The maximum Gasteiger partial charge on any atom is 0.224 e. The molecular formula is C17H14Cl2N2O2. The number of fused-ring (bicyclic) bond motifs is 1. The maximum atomic E-state index is 12.1. The number of aryl methyl sites for hydroxylation is 2. The van der Waals surface area contributed by atoms with Crippen LogP contribution in [0, 0.1) is 6.92 Å². The molecule has 1 aromatic heterocycles. The standard InChI is InChI=1S/C17H14Cl2N2O2/c1-10-20-14-9-12(6-7-15(14)23-10)21-16(22)8-5-11-3-2-4-13(18)17(11)19/h2-4,6-7,9H,5,8H2,1H3,(H,21,22). The molecule has 0 bridgehead atoms. The molecule has 1 N–H and O–H groups in total. The van der Waals surface area contributed by atoms with Crippen molar-refractivity contribution in [3.63, 3.8) is 0 Å². The van der Waals surface area contributed by atoms with Crippen LogP contribution in [-0.2, 0) is 11.2 Å². The Morgan fingerprint density at radius 2 is 2.09 bits per heavy atom. The molecule has 3 rings (SSSR count). The van der Waals surface area contributed by atoms with Crippen LogP contribution in [0.1, 0.15) is 17.9 Å².